The molecule has 1 atom stereocenters. The van der Waals surface area contributed by atoms with Crippen LogP contribution in [0.25, 0.3) is 10.9 Å². The van der Waals surface area contributed by atoms with Crippen LogP contribution in [0, 0.1) is 12.8 Å². The van der Waals surface area contributed by atoms with Crippen molar-refractivity contribution in [2.24, 2.45) is 5.92 Å². The van der Waals surface area contributed by atoms with Gasteiger partial charge in [-0.3, -0.25) is 9.78 Å². The summed E-state index contributed by atoms with van der Waals surface area (Å²) in [5.74, 6) is 0.807. The Kier molecular flexibility index (Phi) is 9.37. The van der Waals surface area contributed by atoms with Crippen molar-refractivity contribution in [1.29, 1.82) is 0 Å². The zero-order valence-electron chi connectivity index (χ0n) is 21.5. The molecule has 0 aliphatic carbocycles. The van der Waals surface area contributed by atoms with E-state index in [-0.39, 0.29) is 24.2 Å². The number of hydrogen-bond acceptors (Lipinski definition) is 3. The Bertz CT molecular complexity index is 1300. The van der Waals surface area contributed by atoms with Gasteiger partial charge in [-0.25, -0.2) is 0 Å². The van der Waals surface area contributed by atoms with E-state index in [1.165, 1.54) is 35.1 Å². The Labute approximate surface area is 226 Å². The van der Waals surface area contributed by atoms with E-state index in [2.05, 4.69) is 87.9 Å². The molecule has 1 unspecified atom stereocenters. The molecule has 2 aromatic heterocycles. The van der Waals surface area contributed by atoms with Gasteiger partial charge in [0.15, 0.2) is 0 Å². The number of carbonyl (C=O) groups is 1. The standard InChI is InChI=1S/C31H36N4O.ClH/c1-23-6-5-9-26(18-23)28(19-31(36)34-17-12-24-10-14-32-15-11-24)29-22-35(21-25-7-3-2-4-8-25)30-20-33-16-13-27(29)30;/h2-9,13,16,18,20,22,24,28,32H,10-12,14-15,17,19,21H2,1H3,(H,34,36);1H. The highest BCUT2D eigenvalue weighted by atomic mass is 35.5. The van der Waals surface area contributed by atoms with Crippen molar-refractivity contribution in [3.05, 3.63) is 102 Å². The maximum absolute atomic E-state index is 13.2. The van der Waals surface area contributed by atoms with Crippen LogP contribution in [0.5, 0.6) is 0 Å². The van der Waals surface area contributed by atoms with Crippen LogP contribution in [0.15, 0.2) is 79.3 Å². The van der Waals surface area contributed by atoms with Crippen molar-refractivity contribution < 1.29 is 4.79 Å². The van der Waals surface area contributed by atoms with Crippen LogP contribution in [-0.4, -0.2) is 35.1 Å². The quantitative estimate of drug-likeness (QED) is 0.293. The number of nitrogens with one attached hydrogen (secondary N) is 2. The summed E-state index contributed by atoms with van der Waals surface area (Å²) in [6.07, 6.45) is 9.93. The number of rotatable bonds is 9. The molecule has 1 saturated heterocycles. The lowest BCUT2D eigenvalue weighted by molar-refractivity contribution is -0.121. The topological polar surface area (TPSA) is 59.0 Å². The molecule has 3 heterocycles. The highest BCUT2D eigenvalue weighted by Crippen LogP contribution is 2.35. The molecule has 0 saturated carbocycles. The second-order valence-corrected chi connectivity index (χ2v) is 10.1. The number of aromatic nitrogens is 2. The molecule has 0 bridgehead atoms. The summed E-state index contributed by atoms with van der Waals surface area (Å²) < 4.78 is 2.27. The van der Waals surface area contributed by atoms with Crippen LogP contribution < -0.4 is 10.6 Å². The van der Waals surface area contributed by atoms with Gasteiger partial charge in [0.1, 0.15) is 0 Å². The summed E-state index contributed by atoms with van der Waals surface area (Å²) >= 11 is 0. The second-order valence-electron chi connectivity index (χ2n) is 10.1. The zero-order valence-corrected chi connectivity index (χ0v) is 22.3. The normalized spacial score (nSPS) is 14.7. The van der Waals surface area contributed by atoms with Gasteiger partial charge in [-0.1, -0.05) is 60.2 Å². The van der Waals surface area contributed by atoms with Gasteiger partial charge in [0.05, 0.1) is 11.7 Å². The molecule has 6 heteroatoms. The molecule has 1 aliphatic heterocycles. The molecule has 1 aliphatic rings. The number of fused-ring (bicyclic) bond motifs is 1. The molecule has 4 aromatic rings. The molecule has 37 heavy (non-hydrogen) atoms. The van der Waals surface area contributed by atoms with Crippen LogP contribution in [-0.2, 0) is 11.3 Å². The summed E-state index contributed by atoms with van der Waals surface area (Å²) in [7, 11) is 0. The minimum Gasteiger partial charge on any atom is -0.356 e. The predicted octanol–water partition coefficient (Wildman–Crippen LogP) is 5.84. The van der Waals surface area contributed by atoms with Crippen LogP contribution in [0.3, 0.4) is 0 Å². The Morgan fingerprint density at radius 2 is 1.92 bits per heavy atom. The third kappa shape index (κ3) is 6.79. The molecule has 0 spiro atoms. The summed E-state index contributed by atoms with van der Waals surface area (Å²) in [5.41, 5.74) is 5.91. The molecule has 5 rings (SSSR count). The Morgan fingerprint density at radius 1 is 1.11 bits per heavy atom. The molecular weight excluding hydrogens is 480 g/mol. The van der Waals surface area contributed by atoms with E-state index in [0.717, 1.165) is 43.5 Å². The number of hydrogen-bond donors (Lipinski definition) is 2. The van der Waals surface area contributed by atoms with Gasteiger partial charge in [-0.05, 0) is 68.0 Å². The average molecular weight is 517 g/mol. The highest BCUT2D eigenvalue weighted by molar-refractivity contribution is 5.86. The van der Waals surface area contributed by atoms with Gasteiger partial charge < -0.3 is 15.2 Å². The number of carbonyl (C=O) groups excluding carboxylic acids is 1. The van der Waals surface area contributed by atoms with Gasteiger partial charge in [0, 0.05) is 43.2 Å². The van der Waals surface area contributed by atoms with E-state index in [0.29, 0.717) is 12.3 Å². The maximum Gasteiger partial charge on any atom is 0.220 e. The van der Waals surface area contributed by atoms with Gasteiger partial charge in [-0.2, -0.15) is 0 Å². The lowest BCUT2D eigenvalue weighted by Gasteiger charge is -2.23. The zero-order chi connectivity index (χ0) is 24.7. The van der Waals surface area contributed by atoms with Gasteiger partial charge in [0.2, 0.25) is 5.91 Å². The first-order chi connectivity index (χ1) is 17.7. The molecule has 1 fully saturated rings. The van der Waals surface area contributed by atoms with Gasteiger partial charge >= 0.3 is 0 Å². The molecular formula is C31H37ClN4O. The fourth-order valence-corrected chi connectivity index (χ4v) is 5.49. The second kappa shape index (κ2) is 12.9. The molecule has 2 aromatic carbocycles. The highest BCUT2D eigenvalue weighted by Gasteiger charge is 2.23. The van der Waals surface area contributed by atoms with Crippen molar-refractivity contribution >= 4 is 29.2 Å². The van der Waals surface area contributed by atoms with E-state index in [1.807, 2.05) is 18.5 Å². The summed E-state index contributed by atoms with van der Waals surface area (Å²) in [6.45, 7) is 5.82. The Balaban J connectivity index is 0.00000320. The monoisotopic (exact) mass is 516 g/mol. The Morgan fingerprint density at radius 3 is 2.70 bits per heavy atom. The Hall–Kier alpha value is -3.15. The lowest BCUT2D eigenvalue weighted by atomic mass is 9.87. The van der Waals surface area contributed by atoms with Crippen molar-refractivity contribution in [2.45, 2.75) is 45.1 Å². The van der Waals surface area contributed by atoms with Crippen LogP contribution >= 0.6 is 12.4 Å². The number of halogens is 1. The SMILES string of the molecule is Cc1cccc(C(CC(=O)NCCC2CCNCC2)c2cn(Cc3ccccc3)c3cnccc23)c1.Cl. The third-order valence-electron chi connectivity index (χ3n) is 7.45. The summed E-state index contributed by atoms with van der Waals surface area (Å²) in [4.78, 5) is 17.6. The predicted molar refractivity (Wildman–Crippen MR) is 153 cm³/mol. The largest absolute Gasteiger partial charge is 0.356 e. The van der Waals surface area contributed by atoms with E-state index >= 15 is 0 Å². The number of benzene rings is 2. The first-order valence-corrected chi connectivity index (χ1v) is 13.2. The van der Waals surface area contributed by atoms with Crippen molar-refractivity contribution in [3.8, 4) is 0 Å². The van der Waals surface area contributed by atoms with E-state index in [9.17, 15) is 4.79 Å². The molecule has 1 amide bonds. The van der Waals surface area contributed by atoms with Crippen LogP contribution in [0.2, 0.25) is 0 Å². The van der Waals surface area contributed by atoms with E-state index < -0.39 is 0 Å². The maximum atomic E-state index is 13.2. The van der Waals surface area contributed by atoms with Crippen LogP contribution in [0.4, 0.5) is 0 Å². The number of nitrogens with zero attached hydrogens (tertiary/aromatic N) is 2. The lowest BCUT2D eigenvalue weighted by Crippen LogP contribution is -2.31. The summed E-state index contributed by atoms with van der Waals surface area (Å²) in [6, 6.07) is 21.2. The van der Waals surface area contributed by atoms with E-state index in [4.69, 9.17) is 0 Å². The fourth-order valence-electron chi connectivity index (χ4n) is 5.49. The fraction of sp³-hybridized carbons (Fsp3) is 0.355. The minimum absolute atomic E-state index is 0. The molecule has 2 N–H and O–H groups in total. The smallest absolute Gasteiger partial charge is 0.220 e. The molecule has 194 valence electrons. The van der Waals surface area contributed by atoms with E-state index in [1.54, 1.807) is 0 Å². The van der Waals surface area contributed by atoms with Crippen molar-refractivity contribution in [2.75, 3.05) is 19.6 Å². The third-order valence-corrected chi connectivity index (χ3v) is 7.45. The molecule has 0 radical (unpaired) electrons. The van der Waals surface area contributed by atoms with Crippen LogP contribution in [0.1, 0.15) is 53.9 Å². The number of pyridine rings is 1. The first-order valence-electron chi connectivity index (χ1n) is 13.2. The number of amides is 1. The van der Waals surface area contributed by atoms with Crippen molar-refractivity contribution in [1.82, 2.24) is 20.2 Å². The summed E-state index contributed by atoms with van der Waals surface area (Å²) in [5, 5.41) is 7.81. The first kappa shape index (κ1) is 26.9. The molecule has 5 nitrogen and oxygen atoms in total. The number of piperidine rings is 1. The van der Waals surface area contributed by atoms with Gasteiger partial charge in [-0.15, -0.1) is 12.4 Å². The average Bonchev–Trinajstić information content (AvgIpc) is 3.26. The minimum atomic E-state index is -0.0225. The number of aryl methyl sites for hydroxylation is 1. The van der Waals surface area contributed by atoms with Crippen molar-refractivity contribution in [3.63, 3.8) is 0 Å². The van der Waals surface area contributed by atoms with Gasteiger partial charge in [0.25, 0.3) is 0 Å².